The second-order valence-corrected chi connectivity index (χ2v) is 6.37. The lowest BCUT2D eigenvalue weighted by Gasteiger charge is -2.04. The number of esters is 1. The number of hydrogen-bond donors (Lipinski definition) is 1. The van der Waals surface area contributed by atoms with Crippen LogP contribution in [0.4, 0.5) is 5.69 Å². The van der Waals surface area contributed by atoms with Crippen LogP contribution in [0.15, 0.2) is 72.0 Å². The largest absolute Gasteiger partial charge is 0.423 e. The van der Waals surface area contributed by atoms with Crippen LogP contribution in [-0.4, -0.2) is 28.0 Å². The molecular weight excluding hydrogens is 400 g/mol. The van der Waals surface area contributed by atoms with E-state index in [9.17, 15) is 19.7 Å². The number of nitrogens with zero attached hydrogens (tertiary/aromatic N) is 3. The number of hydrogen-bond acceptors (Lipinski definition) is 7. The third kappa shape index (κ3) is 5.80. The predicted octanol–water partition coefficient (Wildman–Crippen LogP) is 3.54. The molecule has 1 heterocycles. The molecule has 1 aromatic heterocycles. The van der Waals surface area contributed by atoms with Crippen LogP contribution in [0.3, 0.4) is 0 Å². The number of rotatable bonds is 7. The smallest absolute Gasteiger partial charge is 0.343 e. The van der Waals surface area contributed by atoms with Crippen molar-refractivity contribution in [3.63, 3.8) is 0 Å². The Balaban J connectivity index is 1.54. The van der Waals surface area contributed by atoms with Gasteiger partial charge < -0.3 is 4.74 Å². The van der Waals surface area contributed by atoms with Crippen LogP contribution in [0.1, 0.15) is 38.9 Å². The monoisotopic (exact) mass is 418 g/mol. The van der Waals surface area contributed by atoms with E-state index in [1.54, 1.807) is 36.5 Å². The molecule has 0 aliphatic carbocycles. The summed E-state index contributed by atoms with van der Waals surface area (Å²) in [6.45, 7) is 2.00. The zero-order valence-corrected chi connectivity index (χ0v) is 16.5. The number of aromatic nitrogens is 1. The van der Waals surface area contributed by atoms with Gasteiger partial charge in [0.2, 0.25) is 0 Å². The first-order valence-electron chi connectivity index (χ1n) is 9.31. The van der Waals surface area contributed by atoms with E-state index in [0.717, 1.165) is 12.0 Å². The van der Waals surface area contributed by atoms with Gasteiger partial charge in [0.25, 0.3) is 11.6 Å². The number of pyridine rings is 1. The highest BCUT2D eigenvalue weighted by Crippen LogP contribution is 2.16. The topological polar surface area (TPSA) is 124 Å². The van der Waals surface area contributed by atoms with Crippen molar-refractivity contribution >= 4 is 23.8 Å². The molecule has 0 saturated carbocycles. The van der Waals surface area contributed by atoms with Crippen LogP contribution >= 0.6 is 0 Å². The number of nitro groups is 1. The lowest BCUT2D eigenvalue weighted by Crippen LogP contribution is -2.18. The van der Waals surface area contributed by atoms with Crippen molar-refractivity contribution in [3.8, 4) is 5.75 Å². The Kier molecular flexibility index (Phi) is 6.79. The van der Waals surface area contributed by atoms with Gasteiger partial charge in [0.05, 0.1) is 16.7 Å². The summed E-state index contributed by atoms with van der Waals surface area (Å²) in [5, 5.41) is 14.6. The van der Waals surface area contributed by atoms with Crippen LogP contribution < -0.4 is 10.2 Å². The van der Waals surface area contributed by atoms with E-state index in [1.165, 1.54) is 30.5 Å². The molecule has 3 aromatic rings. The lowest BCUT2D eigenvalue weighted by molar-refractivity contribution is -0.384. The van der Waals surface area contributed by atoms with Crippen molar-refractivity contribution < 1.29 is 19.2 Å². The average Bonchev–Trinajstić information content (AvgIpc) is 2.80. The van der Waals surface area contributed by atoms with Crippen molar-refractivity contribution in [2.75, 3.05) is 0 Å². The van der Waals surface area contributed by atoms with Gasteiger partial charge in [-0.1, -0.05) is 13.0 Å². The molecule has 0 aliphatic heterocycles. The molecule has 9 nitrogen and oxygen atoms in total. The number of non-ortho nitro benzene ring substituents is 1. The summed E-state index contributed by atoms with van der Waals surface area (Å²) in [6, 6.07) is 15.0. The maximum atomic E-state index is 12.1. The van der Waals surface area contributed by atoms with Gasteiger partial charge in [-0.05, 0) is 60.0 Å². The van der Waals surface area contributed by atoms with Gasteiger partial charge in [0.1, 0.15) is 11.4 Å². The van der Waals surface area contributed by atoms with Gasteiger partial charge in [-0.2, -0.15) is 5.10 Å². The summed E-state index contributed by atoms with van der Waals surface area (Å²) in [4.78, 5) is 38.4. The maximum Gasteiger partial charge on any atom is 0.343 e. The number of carbonyl (C=O) groups excluding carboxylic acids is 2. The first kappa shape index (κ1) is 21.3. The summed E-state index contributed by atoms with van der Waals surface area (Å²) in [5.74, 6) is -0.762. The Labute approximate surface area is 177 Å². The zero-order valence-electron chi connectivity index (χ0n) is 16.5. The maximum absolute atomic E-state index is 12.1. The van der Waals surface area contributed by atoms with E-state index in [2.05, 4.69) is 15.5 Å². The summed E-state index contributed by atoms with van der Waals surface area (Å²) in [5.41, 5.74) is 4.46. The van der Waals surface area contributed by atoms with Gasteiger partial charge in [-0.25, -0.2) is 10.2 Å². The molecule has 2 aromatic carbocycles. The van der Waals surface area contributed by atoms with Crippen LogP contribution in [0, 0.1) is 10.1 Å². The van der Waals surface area contributed by atoms with Gasteiger partial charge >= 0.3 is 5.97 Å². The second kappa shape index (κ2) is 9.88. The van der Waals surface area contributed by atoms with Crippen LogP contribution in [0.5, 0.6) is 5.75 Å². The fourth-order valence-electron chi connectivity index (χ4n) is 2.50. The summed E-state index contributed by atoms with van der Waals surface area (Å²) in [7, 11) is 0. The lowest BCUT2D eigenvalue weighted by atomic mass is 10.2. The predicted molar refractivity (Wildman–Crippen MR) is 113 cm³/mol. The van der Waals surface area contributed by atoms with E-state index in [-0.39, 0.29) is 16.9 Å². The molecule has 31 heavy (non-hydrogen) atoms. The number of ether oxygens (including phenoxy) is 1. The highest BCUT2D eigenvalue weighted by molar-refractivity contribution is 5.93. The van der Waals surface area contributed by atoms with Crippen LogP contribution in [0.25, 0.3) is 0 Å². The molecule has 0 saturated heterocycles. The minimum atomic E-state index is -0.634. The molecule has 0 radical (unpaired) electrons. The quantitative estimate of drug-likeness (QED) is 0.206. The second-order valence-electron chi connectivity index (χ2n) is 6.37. The third-order valence-corrected chi connectivity index (χ3v) is 4.25. The van der Waals surface area contributed by atoms with Gasteiger partial charge in [0, 0.05) is 18.3 Å². The number of nitro benzene ring substituents is 1. The Morgan fingerprint density at radius 2 is 1.81 bits per heavy atom. The summed E-state index contributed by atoms with van der Waals surface area (Å²) in [6.07, 6.45) is 3.93. The molecule has 0 atom stereocenters. The Hall–Kier alpha value is -4.40. The van der Waals surface area contributed by atoms with E-state index >= 15 is 0 Å². The number of hydrazone groups is 1. The molecule has 0 unspecified atom stereocenters. The standard InChI is InChI=1S/C22H18N4O5/c1-2-15-5-12-20(23-13-15)21(27)25-24-14-16-3-10-19(11-4-16)31-22(28)17-6-8-18(9-7-17)26(29)30/h3-14H,2H2,1H3,(H,25,27)/b24-14+. The molecule has 0 aliphatic rings. The average molecular weight is 418 g/mol. The van der Waals surface area contributed by atoms with E-state index in [0.29, 0.717) is 11.3 Å². The number of benzene rings is 2. The number of aryl methyl sites for hydroxylation is 1. The number of nitrogens with one attached hydrogen (secondary N) is 1. The molecule has 0 fully saturated rings. The van der Waals surface area contributed by atoms with Crippen molar-refractivity contribution in [2.24, 2.45) is 5.10 Å². The first-order valence-corrected chi connectivity index (χ1v) is 9.31. The molecule has 9 heteroatoms. The van der Waals surface area contributed by atoms with Crippen molar-refractivity contribution in [3.05, 3.63) is 99.4 Å². The van der Waals surface area contributed by atoms with E-state index in [1.807, 2.05) is 13.0 Å². The van der Waals surface area contributed by atoms with Crippen molar-refractivity contribution in [1.82, 2.24) is 10.4 Å². The fraction of sp³-hybridized carbons (Fsp3) is 0.0909. The van der Waals surface area contributed by atoms with E-state index in [4.69, 9.17) is 4.74 Å². The Bertz CT molecular complexity index is 1110. The Morgan fingerprint density at radius 1 is 1.10 bits per heavy atom. The SMILES string of the molecule is CCc1ccc(C(=O)N/N=C/c2ccc(OC(=O)c3ccc([N+](=O)[O-])cc3)cc2)nc1. The zero-order chi connectivity index (χ0) is 22.2. The van der Waals surface area contributed by atoms with Gasteiger partial charge in [-0.15, -0.1) is 0 Å². The summed E-state index contributed by atoms with van der Waals surface area (Å²) < 4.78 is 5.24. The molecule has 0 bridgehead atoms. The highest BCUT2D eigenvalue weighted by Gasteiger charge is 2.11. The molecular formula is C22H18N4O5. The molecule has 0 spiro atoms. The number of carbonyl (C=O) groups is 2. The molecule has 156 valence electrons. The fourth-order valence-corrected chi connectivity index (χ4v) is 2.50. The van der Waals surface area contributed by atoms with Crippen molar-refractivity contribution in [1.29, 1.82) is 0 Å². The molecule has 1 amide bonds. The van der Waals surface area contributed by atoms with Gasteiger partial charge in [0.15, 0.2) is 0 Å². The summed E-state index contributed by atoms with van der Waals surface area (Å²) >= 11 is 0. The van der Waals surface area contributed by atoms with Crippen molar-refractivity contribution in [2.45, 2.75) is 13.3 Å². The first-order chi connectivity index (χ1) is 15.0. The normalized spacial score (nSPS) is 10.6. The number of amides is 1. The van der Waals surface area contributed by atoms with Crippen LogP contribution in [-0.2, 0) is 6.42 Å². The highest BCUT2D eigenvalue weighted by atomic mass is 16.6. The van der Waals surface area contributed by atoms with E-state index < -0.39 is 16.8 Å². The third-order valence-electron chi connectivity index (χ3n) is 4.25. The van der Waals surface area contributed by atoms with Gasteiger partial charge in [-0.3, -0.25) is 19.9 Å². The minimum absolute atomic E-state index is 0.110. The minimum Gasteiger partial charge on any atom is -0.423 e. The molecule has 3 rings (SSSR count). The molecule has 1 N–H and O–H groups in total. The van der Waals surface area contributed by atoms with Crippen LogP contribution in [0.2, 0.25) is 0 Å². The Morgan fingerprint density at radius 3 is 2.39 bits per heavy atom.